The second-order valence-corrected chi connectivity index (χ2v) is 7.53. The first-order valence-electron chi connectivity index (χ1n) is 8.45. The van der Waals surface area contributed by atoms with Gasteiger partial charge in [-0.3, -0.25) is 4.84 Å². The molecular formula is C18H24N2O2. The Morgan fingerprint density at radius 2 is 1.64 bits per heavy atom. The van der Waals surface area contributed by atoms with Crippen LogP contribution in [0.1, 0.15) is 44.1 Å². The minimum absolute atomic E-state index is 0.0366. The number of carbonyl (C=O) groups excluding carboxylic acids is 1. The highest BCUT2D eigenvalue weighted by molar-refractivity contribution is 5.73. The Balaban J connectivity index is 1.29. The molecule has 1 aromatic carbocycles. The van der Waals surface area contributed by atoms with Crippen LogP contribution in [0.15, 0.2) is 30.3 Å². The monoisotopic (exact) mass is 300 g/mol. The van der Waals surface area contributed by atoms with Crippen molar-refractivity contribution in [1.29, 1.82) is 0 Å². The predicted molar refractivity (Wildman–Crippen MR) is 83.8 cm³/mol. The second-order valence-electron chi connectivity index (χ2n) is 7.53. The lowest BCUT2D eigenvalue weighted by Gasteiger charge is -2.56. The van der Waals surface area contributed by atoms with Crippen molar-refractivity contribution >= 4 is 6.03 Å². The molecule has 1 aromatic rings. The van der Waals surface area contributed by atoms with Gasteiger partial charge in [-0.05, 0) is 61.8 Å². The molecule has 0 aromatic heterocycles. The van der Waals surface area contributed by atoms with Crippen LogP contribution < -0.4 is 10.8 Å². The molecule has 0 atom stereocenters. The summed E-state index contributed by atoms with van der Waals surface area (Å²) in [5.74, 6) is 2.49. The van der Waals surface area contributed by atoms with Gasteiger partial charge >= 0.3 is 6.03 Å². The Morgan fingerprint density at radius 1 is 1.05 bits per heavy atom. The zero-order chi connectivity index (χ0) is 15.0. The summed E-state index contributed by atoms with van der Waals surface area (Å²) in [6, 6.07) is 9.69. The topological polar surface area (TPSA) is 50.4 Å². The van der Waals surface area contributed by atoms with Gasteiger partial charge in [0, 0.05) is 5.54 Å². The van der Waals surface area contributed by atoms with Crippen LogP contribution >= 0.6 is 0 Å². The number of hydrogen-bond donors (Lipinski definition) is 2. The molecule has 0 radical (unpaired) electrons. The summed E-state index contributed by atoms with van der Waals surface area (Å²) in [7, 11) is 0. The van der Waals surface area contributed by atoms with E-state index in [0.717, 1.165) is 42.6 Å². The lowest BCUT2D eigenvalue weighted by molar-refractivity contribution is -0.0196. The summed E-state index contributed by atoms with van der Waals surface area (Å²) in [4.78, 5) is 17.5. The highest BCUT2D eigenvalue weighted by atomic mass is 16.7. The van der Waals surface area contributed by atoms with E-state index < -0.39 is 0 Å². The van der Waals surface area contributed by atoms with Crippen molar-refractivity contribution in [3.8, 4) is 0 Å². The smallest absolute Gasteiger partial charge is 0.331 e. The molecule has 4 aliphatic carbocycles. The van der Waals surface area contributed by atoms with E-state index in [1.54, 1.807) is 0 Å². The van der Waals surface area contributed by atoms with E-state index in [4.69, 9.17) is 4.84 Å². The summed E-state index contributed by atoms with van der Waals surface area (Å²) in [6.07, 6.45) is 7.62. The number of rotatable bonds is 4. The van der Waals surface area contributed by atoms with Gasteiger partial charge in [-0.1, -0.05) is 30.3 Å². The van der Waals surface area contributed by atoms with Crippen LogP contribution in [0, 0.1) is 17.8 Å². The predicted octanol–water partition coefficient (Wildman–Crippen LogP) is 3.39. The number of amides is 2. The van der Waals surface area contributed by atoms with Crippen molar-refractivity contribution in [1.82, 2.24) is 10.8 Å². The van der Waals surface area contributed by atoms with Crippen molar-refractivity contribution in [3.63, 3.8) is 0 Å². The van der Waals surface area contributed by atoms with E-state index in [9.17, 15) is 4.79 Å². The average molecular weight is 300 g/mol. The van der Waals surface area contributed by atoms with Gasteiger partial charge in [0.25, 0.3) is 0 Å². The van der Waals surface area contributed by atoms with Crippen molar-refractivity contribution in [2.75, 3.05) is 0 Å². The molecule has 4 saturated carbocycles. The summed E-state index contributed by atoms with van der Waals surface area (Å²) in [6.45, 7) is 0.398. The Kier molecular flexibility index (Phi) is 3.57. The van der Waals surface area contributed by atoms with E-state index >= 15 is 0 Å². The maximum Gasteiger partial charge on any atom is 0.339 e. The van der Waals surface area contributed by atoms with Crippen LogP contribution in [-0.4, -0.2) is 11.6 Å². The zero-order valence-electron chi connectivity index (χ0n) is 12.9. The maximum absolute atomic E-state index is 12.2. The van der Waals surface area contributed by atoms with E-state index in [1.807, 2.05) is 30.3 Å². The van der Waals surface area contributed by atoms with E-state index in [1.165, 1.54) is 19.3 Å². The standard InChI is InChI=1S/C18H24N2O2/c21-17(20-22-12-13-4-2-1-3-5-13)19-18-9-14-6-15(10-18)8-16(7-14)11-18/h1-5,14-16H,6-12H2,(H2,19,20,21). The van der Waals surface area contributed by atoms with Gasteiger partial charge in [-0.15, -0.1) is 0 Å². The molecule has 0 saturated heterocycles. The molecule has 0 aliphatic heterocycles. The maximum atomic E-state index is 12.2. The van der Waals surface area contributed by atoms with Crippen molar-refractivity contribution in [3.05, 3.63) is 35.9 Å². The number of urea groups is 1. The molecule has 0 heterocycles. The molecule has 4 fully saturated rings. The first-order chi connectivity index (χ1) is 10.7. The van der Waals surface area contributed by atoms with Gasteiger partial charge in [-0.25, -0.2) is 10.3 Å². The van der Waals surface area contributed by atoms with Gasteiger partial charge < -0.3 is 5.32 Å². The van der Waals surface area contributed by atoms with Crippen LogP contribution in [0.5, 0.6) is 0 Å². The summed E-state index contributed by atoms with van der Waals surface area (Å²) in [5, 5.41) is 3.24. The third-order valence-electron chi connectivity index (χ3n) is 5.66. The van der Waals surface area contributed by atoms with Crippen LogP contribution in [0.25, 0.3) is 0 Å². The van der Waals surface area contributed by atoms with Gasteiger partial charge in [0.15, 0.2) is 0 Å². The molecule has 0 spiro atoms. The highest BCUT2D eigenvalue weighted by Gasteiger charge is 2.51. The summed E-state index contributed by atoms with van der Waals surface area (Å²) < 4.78 is 0. The molecular weight excluding hydrogens is 276 g/mol. The first kappa shape index (κ1) is 14.1. The molecule has 4 bridgehead atoms. The van der Waals surface area contributed by atoms with Crippen LogP contribution in [-0.2, 0) is 11.4 Å². The van der Waals surface area contributed by atoms with E-state index in [-0.39, 0.29) is 11.6 Å². The van der Waals surface area contributed by atoms with E-state index in [2.05, 4.69) is 10.8 Å². The molecule has 0 unspecified atom stereocenters. The fourth-order valence-corrected chi connectivity index (χ4v) is 5.29. The highest BCUT2D eigenvalue weighted by Crippen LogP contribution is 2.55. The minimum Gasteiger partial charge on any atom is -0.331 e. The van der Waals surface area contributed by atoms with Gasteiger partial charge in [0.05, 0.1) is 6.61 Å². The molecule has 5 rings (SSSR count). The van der Waals surface area contributed by atoms with Crippen LogP contribution in [0.3, 0.4) is 0 Å². The lowest BCUT2D eigenvalue weighted by atomic mass is 9.53. The molecule has 2 amide bonds. The number of nitrogens with one attached hydrogen (secondary N) is 2. The molecule has 2 N–H and O–H groups in total. The largest absolute Gasteiger partial charge is 0.339 e. The summed E-state index contributed by atoms with van der Waals surface area (Å²) in [5.41, 5.74) is 3.65. The van der Waals surface area contributed by atoms with Gasteiger partial charge in [0.1, 0.15) is 0 Å². The molecule has 4 nitrogen and oxygen atoms in total. The fraction of sp³-hybridized carbons (Fsp3) is 0.611. The minimum atomic E-state index is -0.183. The number of benzene rings is 1. The van der Waals surface area contributed by atoms with Crippen molar-refractivity contribution in [2.24, 2.45) is 17.8 Å². The SMILES string of the molecule is O=C(NOCc1ccccc1)NC12CC3CC(CC(C3)C1)C2. The molecule has 4 aliphatic rings. The first-order valence-corrected chi connectivity index (χ1v) is 8.45. The van der Waals surface area contributed by atoms with Gasteiger partial charge in [-0.2, -0.15) is 0 Å². The van der Waals surface area contributed by atoms with Crippen LogP contribution in [0.4, 0.5) is 4.79 Å². The van der Waals surface area contributed by atoms with Crippen LogP contribution in [0.2, 0.25) is 0 Å². The lowest BCUT2D eigenvalue weighted by Crippen LogP contribution is -2.61. The Hall–Kier alpha value is -1.55. The quantitative estimate of drug-likeness (QED) is 0.837. The Bertz CT molecular complexity index is 508. The molecule has 118 valence electrons. The third-order valence-corrected chi connectivity index (χ3v) is 5.66. The van der Waals surface area contributed by atoms with Crippen molar-refractivity contribution < 1.29 is 9.63 Å². The summed E-state index contributed by atoms with van der Waals surface area (Å²) >= 11 is 0. The fourth-order valence-electron chi connectivity index (χ4n) is 5.29. The average Bonchev–Trinajstić information content (AvgIpc) is 2.46. The Labute approximate surface area is 131 Å². The van der Waals surface area contributed by atoms with Gasteiger partial charge in [0.2, 0.25) is 0 Å². The normalized spacial score (nSPS) is 35.4. The third kappa shape index (κ3) is 2.84. The second kappa shape index (κ2) is 5.58. The number of hydrogen-bond acceptors (Lipinski definition) is 2. The molecule has 22 heavy (non-hydrogen) atoms. The van der Waals surface area contributed by atoms with Crippen molar-refractivity contribution in [2.45, 2.75) is 50.7 Å². The molecule has 4 heteroatoms. The number of carbonyl (C=O) groups is 1. The number of hydroxylamine groups is 1. The van der Waals surface area contributed by atoms with E-state index in [0.29, 0.717) is 6.61 Å². The Morgan fingerprint density at radius 3 is 2.23 bits per heavy atom. The zero-order valence-corrected chi connectivity index (χ0v) is 12.9.